The van der Waals surface area contributed by atoms with E-state index in [1.165, 1.54) is 6.33 Å². The Morgan fingerprint density at radius 2 is 2.21 bits per heavy atom. The van der Waals surface area contributed by atoms with Gasteiger partial charge in [-0.2, -0.15) is 5.10 Å². The van der Waals surface area contributed by atoms with E-state index in [0.29, 0.717) is 26.2 Å². The second-order valence-electron chi connectivity index (χ2n) is 4.82. The zero-order chi connectivity index (χ0) is 13.7. The first-order valence-electron chi connectivity index (χ1n) is 6.98. The molecule has 1 saturated heterocycles. The number of hydrogen-bond acceptors (Lipinski definition) is 5. The van der Waals surface area contributed by atoms with Gasteiger partial charge in [0.2, 0.25) is 0 Å². The summed E-state index contributed by atoms with van der Waals surface area (Å²) in [6.07, 6.45) is 2.87. The van der Waals surface area contributed by atoms with Gasteiger partial charge >= 0.3 is 0 Å². The molecule has 0 radical (unpaired) electrons. The fraction of sp³-hybridized carbons (Fsp3) is 0.846. The van der Waals surface area contributed by atoms with E-state index in [4.69, 9.17) is 9.47 Å². The topological polar surface area (TPSA) is 69.4 Å². The smallest absolute Gasteiger partial charge is 0.138 e. The van der Waals surface area contributed by atoms with Crippen LogP contribution in [0.25, 0.3) is 0 Å². The highest BCUT2D eigenvalue weighted by molar-refractivity contribution is 4.97. The molecule has 6 heteroatoms. The van der Waals surface area contributed by atoms with Crippen LogP contribution < -0.4 is 0 Å². The molecule has 0 saturated carbocycles. The normalized spacial score (nSPS) is 20.4. The van der Waals surface area contributed by atoms with Gasteiger partial charge in [0, 0.05) is 45.6 Å². The van der Waals surface area contributed by atoms with Gasteiger partial charge in [0.05, 0.1) is 11.7 Å². The number of aromatic nitrogens is 3. The van der Waals surface area contributed by atoms with Crippen LogP contribution in [0.4, 0.5) is 0 Å². The standard InChI is InChI=1S/C13H23N3O3/c1-3-16-12(14-10-15-16)9-11(17)13(19-4-2)5-7-18-8-6-13/h10-11,17H,3-9H2,1-2H3. The van der Waals surface area contributed by atoms with E-state index in [1.807, 2.05) is 18.5 Å². The Balaban J connectivity index is 2.09. The highest BCUT2D eigenvalue weighted by Crippen LogP contribution is 2.30. The minimum absolute atomic E-state index is 0.466. The fourth-order valence-corrected chi connectivity index (χ4v) is 2.65. The molecule has 6 nitrogen and oxygen atoms in total. The maximum atomic E-state index is 10.6. The first-order valence-corrected chi connectivity index (χ1v) is 6.98. The van der Waals surface area contributed by atoms with Crippen LogP contribution in [0.2, 0.25) is 0 Å². The average molecular weight is 269 g/mol. The molecule has 1 aliphatic rings. The maximum Gasteiger partial charge on any atom is 0.138 e. The van der Waals surface area contributed by atoms with E-state index in [2.05, 4.69) is 10.1 Å². The Kier molecular flexibility index (Phi) is 4.90. The number of rotatable bonds is 6. The van der Waals surface area contributed by atoms with Crippen molar-refractivity contribution in [1.82, 2.24) is 14.8 Å². The largest absolute Gasteiger partial charge is 0.390 e. The number of aliphatic hydroxyl groups is 1. The van der Waals surface area contributed by atoms with Crippen molar-refractivity contribution < 1.29 is 14.6 Å². The summed E-state index contributed by atoms with van der Waals surface area (Å²) < 4.78 is 13.1. The number of hydrogen-bond donors (Lipinski definition) is 1. The molecule has 0 aliphatic carbocycles. The lowest BCUT2D eigenvalue weighted by Crippen LogP contribution is -2.50. The molecule has 1 aromatic heterocycles. The van der Waals surface area contributed by atoms with Crippen molar-refractivity contribution in [3.8, 4) is 0 Å². The number of aliphatic hydroxyl groups excluding tert-OH is 1. The molecule has 19 heavy (non-hydrogen) atoms. The molecule has 0 spiro atoms. The zero-order valence-electron chi connectivity index (χ0n) is 11.7. The van der Waals surface area contributed by atoms with Crippen LogP contribution in [0, 0.1) is 0 Å². The summed E-state index contributed by atoms with van der Waals surface area (Å²) in [6.45, 7) is 6.59. The first kappa shape index (κ1) is 14.4. The molecule has 2 heterocycles. The van der Waals surface area contributed by atoms with E-state index in [1.54, 1.807) is 0 Å². The monoisotopic (exact) mass is 269 g/mol. The predicted octanol–water partition coefficient (Wildman–Crippen LogP) is 0.787. The van der Waals surface area contributed by atoms with Gasteiger partial charge in [-0.1, -0.05) is 0 Å². The highest BCUT2D eigenvalue weighted by Gasteiger charge is 2.40. The van der Waals surface area contributed by atoms with Crippen LogP contribution in [0.1, 0.15) is 32.5 Å². The molecule has 2 rings (SSSR count). The number of ether oxygens (including phenoxy) is 2. The summed E-state index contributed by atoms with van der Waals surface area (Å²) in [5.74, 6) is 0.806. The Morgan fingerprint density at radius 3 is 2.84 bits per heavy atom. The molecule has 1 N–H and O–H groups in total. The lowest BCUT2D eigenvalue weighted by atomic mass is 9.86. The van der Waals surface area contributed by atoms with Crippen molar-refractivity contribution in [2.24, 2.45) is 0 Å². The van der Waals surface area contributed by atoms with Gasteiger partial charge in [0.15, 0.2) is 0 Å². The van der Waals surface area contributed by atoms with Crippen molar-refractivity contribution in [2.45, 2.75) is 51.4 Å². The zero-order valence-corrected chi connectivity index (χ0v) is 11.7. The summed E-state index contributed by atoms with van der Waals surface area (Å²) in [4.78, 5) is 4.22. The van der Waals surface area contributed by atoms with Crippen molar-refractivity contribution in [1.29, 1.82) is 0 Å². The molecular formula is C13H23N3O3. The van der Waals surface area contributed by atoms with Gasteiger partial charge in [-0.25, -0.2) is 4.98 Å². The van der Waals surface area contributed by atoms with Crippen LogP contribution in [-0.2, 0) is 22.4 Å². The summed E-state index contributed by atoms with van der Waals surface area (Å²) in [6, 6.07) is 0. The maximum absolute atomic E-state index is 10.6. The van der Waals surface area contributed by atoms with Gasteiger partial charge < -0.3 is 14.6 Å². The molecule has 0 amide bonds. The molecule has 1 unspecified atom stereocenters. The second kappa shape index (κ2) is 6.45. The van der Waals surface area contributed by atoms with Crippen LogP contribution in [-0.4, -0.2) is 51.4 Å². The summed E-state index contributed by atoms with van der Waals surface area (Å²) >= 11 is 0. The Morgan fingerprint density at radius 1 is 1.47 bits per heavy atom. The van der Waals surface area contributed by atoms with Crippen LogP contribution in [0.15, 0.2) is 6.33 Å². The van der Waals surface area contributed by atoms with Crippen LogP contribution >= 0.6 is 0 Å². The van der Waals surface area contributed by atoms with E-state index in [-0.39, 0.29) is 0 Å². The summed E-state index contributed by atoms with van der Waals surface area (Å²) in [5.41, 5.74) is -0.502. The van der Waals surface area contributed by atoms with Crippen molar-refractivity contribution in [3.05, 3.63) is 12.2 Å². The van der Waals surface area contributed by atoms with Crippen LogP contribution in [0.5, 0.6) is 0 Å². The van der Waals surface area contributed by atoms with Gasteiger partial charge in [-0.15, -0.1) is 0 Å². The summed E-state index contributed by atoms with van der Waals surface area (Å²) in [7, 11) is 0. The molecule has 1 aliphatic heterocycles. The Hall–Kier alpha value is -0.980. The van der Waals surface area contributed by atoms with Crippen LogP contribution in [0.3, 0.4) is 0 Å². The average Bonchev–Trinajstić information content (AvgIpc) is 2.87. The second-order valence-corrected chi connectivity index (χ2v) is 4.82. The minimum Gasteiger partial charge on any atom is -0.390 e. The van der Waals surface area contributed by atoms with Crippen molar-refractivity contribution >= 4 is 0 Å². The molecule has 1 fully saturated rings. The van der Waals surface area contributed by atoms with E-state index < -0.39 is 11.7 Å². The van der Waals surface area contributed by atoms with E-state index >= 15 is 0 Å². The molecule has 1 aromatic rings. The van der Waals surface area contributed by atoms with Gasteiger partial charge in [0.25, 0.3) is 0 Å². The first-order chi connectivity index (χ1) is 9.22. The molecule has 0 bridgehead atoms. The van der Waals surface area contributed by atoms with Crippen molar-refractivity contribution in [2.75, 3.05) is 19.8 Å². The molecule has 0 aromatic carbocycles. The molecular weight excluding hydrogens is 246 g/mol. The third kappa shape index (κ3) is 3.13. The quantitative estimate of drug-likeness (QED) is 0.826. The number of aryl methyl sites for hydroxylation is 1. The lowest BCUT2D eigenvalue weighted by molar-refractivity contribution is -0.165. The fourth-order valence-electron chi connectivity index (χ4n) is 2.65. The Labute approximate surface area is 113 Å². The van der Waals surface area contributed by atoms with Gasteiger partial charge in [-0.05, 0) is 13.8 Å². The van der Waals surface area contributed by atoms with E-state index in [0.717, 1.165) is 25.2 Å². The Bertz CT molecular complexity index is 383. The van der Waals surface area contributed by atoms with Crippen molar-refractivity contribution in [3.63, 3.8) is 0 Å². The third-order valence-electron chi connectivity index (χ3n) is 3.75. The predicted molar refractivity (Wildman–Crippen MR) is 69.8 cm³/mol. The van der Waals surface area contributed by atoms with E-state index in [9.17, 15) is 5.11 Å². The molecule has 1 atom stereocenters. The summed E-state index contributed by atoms with van der Waals surface area (Å²) in [5, 5.41) is 14.7. The molecule has 108 valence electrons. The van der Waals surface area contributed by atoms with Gasteiger partial charge in [-0.3, -0.25) is 4.68 Å². The third-order valence-corrected chi connectivity index (χ3v) is 3.75. The minimum atomic E-state index is -0.578. The number of nitrogens with zero attached hydrogens (tertiary/aromatic N) is 3. The highest BCUT2D eigenvalue weighted by atomic mass is 16.5. The lowest BCUT2D eigenvalue weighted by Gasteiger charge is -2.40. The van der Waals surface area contributed by atoms with Gasteiger partial charge in [0.1, 0.15) is 12.2 Å². The SMILES string of the molecule is CCOC1(C(O)Cc2ncnn2CC)CCOCC1.